The van der Waals surface area contributed by atoms with Crippen molar-refractivity contribution in [2.24, 2.45) is 0 Å². The van der Waals surface area contributed by atoms with Crippen LogP contribution in [0.3, 0.4) is 0 Å². The molecule has 2 aromatic rings. The van der Waals surface area contributed by atoms with E-state index >= 15 is 0 Å². The van der Waals surface area contributed by atoms with Crippen molar-refractivity contribution in [1.29, 1.82) is 0 Å². The quantitative estimate of drug-likeness (QED) is 0.766. The van der Waals surface area contributed by atoms with Gasteiger partial charge in [0.1, 0.15) is 5.82 Å². The summed E-state index contributed by atoms with van der Waals surface area (Å²) in [5.74, 6) is 0.639. The van der Waals surface area contributed by atoms with Crippen molar-refractivity contribution >= 4 is 11.7 Å². The summed E-state index contributed by atoms with van der Waals surface area (Å²) in [6.07, 6.45) is 3.41. The Morgan fingerprint density at radius 2 is 1.69 bits per heavy atom. The zero-order valence-corrected chi connectivity index (χ0v) is 17.3. The molecule has 4 nitrogen and oxygen atoms in total. The number of nitrogens with zero attached hydrogens (tertiary/aromatic N) is 2. The van der Waals surface area contributed by atoms with Crippen LogP contribution in [0.1, 0.15) is 82.9 Å². The highest BCUT2D eigenvalue weighted by Gasteiger charge is 2.25. The summed E-state index contributed by atoms with van der Waals surface area (Å²) in [7, 11) is 0. The Morgan fingerprint density at radius 3 is 2.19 bits per heavy atom. The normalized spacial score (nSPS) is 12.3. The van der Waals surface area contributed by atoms with Gasteiger partial charge in [-0.25, -0.2) is 4.68 Å². The first kappa shape index (κ1) is 20.2. The van der Waals surface area contributed by atoms with E-state index in [1.165, 1.54) is 18.4 Å². The van der Waals surface area contributed by atoms with Gasteiger partial charge in [-0.15, -0.1) is 0 Å². The molecule has 1 aromatic heterocycles. The third kappa shape index (κ3) is 4.96. The average Bonchev–Trinajstić information content (AvgIpc) is 2.97. The number of hydrogen-bond acceptors (Lipinski definition) is 2. The summed E-state index contributed by atoms with van der Waals surface area (Å²) < 4.78 is 1.90. The van der Waals surface area contributed by atoms with Crippen LogP contribution in [0.2, 0.25) is 0 Å². The summed E-state index contributed by atoms with van der Waals surface area (Å²) in [6, 6.07) is 9.89. The Balaban J connectivity index is 2.24. The monoisotopic (exact) mass is 355 g/mol. The van der Waals surface area contributed by atoms with Gasteiger partial charge in [-0.05, 0) is 51.3 Å². The molecule has 2 rings (SSSR count). The van der Waals surface area contributed by atoms with Crippen LogP contribution in [0.4, 0.5) is 5.82 Å². The van der Waals surface area contributed by atoms with Gasteiger partial charge < -0.3 is 5.32 Å². The fraction of sp³-hybridized carbons (Fsp3) is 0.545. The maximum Gasteiger partial charge on any atom is 0.256 e. The molecule has 0 bridgehead atoms. The maximum absolute atomic E-state index is 12.7. The Bertz CT molecular complexity index is 743. The zero-order valence-electron chi connectivity index (χ0n) is 17.3. The van der Waals surface area contributed by atoms with Crippen LogP contribution in [0, 0.1) is 0 Å². The van der Waals surface area contributed by atoms with Gasteiger partial charge in [-0.2, -0.15) is 5.10 Å². The molecule has 0 saturated heterocycles. The number of nitrogens with one attached hydrogen (secondary N) is 1. The molecule has 0 unspecified atom stereocenters. The van der Waals surface area contributed by atoms with Crippen molar-refractivity contribution in [1.82, 2.24) is 9.78 Å². The van der Waals surface area contributed by atoms with Crippen LogP contribution in [0.25, 0.3) is 0 Å². The zero-order chi connectivity index (χ0) is 19.5. The van der Waals surface area contributed by atoms with E-state index in [1.807, 2.05) is 35.0 Å². The van der Waals surface area contributed by atoms with Crippen molar-refractivity contribution in [3.05, 3.63) is 47.2 Å². The van der Waals surface area contributed by atoms with Gasteiger partial charge >= 0.3 is 0 Å². The highest BCUT2D eigenvalue weighted by atomic mass is 16.1. The molecule has 1 aromatic carbocycles. The fourth-order valence-electron chi connectivity index (χ4n) is 2.74. The second-order valence-corrected chi connectivity index (χ2v) is 9.00. The average molecular weight is 356 g/mol. The lowest BCUT2D eigenvalue weighted by atomic mass is 9.92. The SMILES string of the molecule is CCCCc1ccc(C(=O)Nc2cc(C(C)(C)C)nn2C(C)(C)C)cc1. The molecule has 0 aliphatic rings. The van der Waals surface area contributed by atoms with Gasteiger partial charge in [-0.3, -0.25) is 4.79 Å². The van der Waals surface area contributed by atoms with Gasteiger partial charge in [0.2, 0.25) is 0 Å². The molecule has 1 amide bonds. The molecule has 26 heavy (non-hydrogen) atoms. The molecule has 0 aliphatic heterocycles. The van der Waals surface area contributed by atoms with Crippen LogP contribution < -0.4 is 5.32 Å². The minimum Gasteiger partial charge on any atom is -0.307 e. The number of unbranched alkanes of at least 4 members (excludes halogenated alkanes) is 1. The fourth-order valence-corrected chi connectivity index (χ4v) is 2.74. The topological polar surface area (TPSA) is 46.9 Å². The van der Waals surface area contributed by atoms with E-state index in [9.17, 15) is 4.79 Å². The molecule has 0 fully saturated rings. The number of carbonyl (C=O) groups is 1. The second-order valence-electron chi connectivity index (χ2n) is 9.00. The molecular formula is C22H33N3O. The molecule has 142 valence electrons. The standard InChI is InChI=1S/C22H33N3O/c1-8-9-10-16-11-13-17(14-12-16)20(26)23-19-15-18(21(2,3)4)24-25(19)22(5,6)7/h11-15H,8-10H2,1-7H3,(H,23,26). The van der Waals surface area contributed by atoms with Gasteiger partial charge in [0.25, 0.3) is 5.91 Å². The number of benzene rings is 1. The lowest BCUT2D eigenvalue weighted by Gasteiger charge is -2.23. The highest BCUT2D eigenvalue weighted by molar-refractivity contribution is 6.03. The highest BCUT2D eigenvalue weighted by Crippen LogP contribution is 2.28. The second kappa shape index (κ2) is 7.65. The Kier molecular flexibility index (Phi) is 5.94. The summed E-state index contributed by atoms with van der Waals surface area (Å²) >= 11 is 0. The largest absolute Gasteiger partial charge is 0.307 e. The summed E-state index contributed by atoms with van der Waals surface area (Å²) in [6.45, 7) is 14.8. The summed E-state index contributed by atoms with van der Waals surface area (Å²) in [5.41, 5.74) is 2.63. The lowest BCUT2D eigenvalue weighted by Crippen LogP contribution is -2.27. The number of anilines is 1. The van der Waals surface area contributed by atoms with E-state index in [2.05, 4.69) is 53.8 Å². The number of aromatic nitrogens is 2. The van der Waals surface area contributed by atoms with E-state index in [1.54, 1.807) is 0 Å². The number of amides is 1. The predicted molar refractivity (Wildman–Crippen MR) is 109 cm³/mol. The molecule has 1 heterocycles. The van der Waals surface area contributed by atoms with Gasteiger partial charge in [0.15, 0.2) is 0 Å². The minimum absolute atomic E-state index is 0.0725. The van der Waals surface area contributed by atoms with E-state index in [0.717, 1.165) is 17.9 Å². The Morgan fingerprint density at radius 1 is 1.08 bits per heavy atom. The van der Waals surface area contributed by atoms with Crippen LogP contribution in [0.15, 0.2) is 30.3 Å². The first-order valence-corrected chi connectivity index (χ1v) is 9.53. The Labute approximate surface area is 158 Å². The summed E-state index contributed by atoms with van der Waals surface area (Å²) in [4.78, 5) is 12.7. The molecule has 0 spiro atoms. The van der Waals surface area contributed by atoms with Crippen molar-refractivity contribution in [3.63, 3.8) is 0 Å². The number of carbonyl (C=O) groups excluding carboxylic acids is 1. The first-order valence-electron chi connectivity index (χ1n) is 9.53. The van der Waals surface area contributed by atoms with Crippen LogP contribution >= 0.6 is 0 Å². The van der Waals surface area contributed by atoms with Gasteiger partial charge in [0, 0.05) is 17.0 Å². The lowest BCUT2D eigenvalue weighted by molar-refractivity contribution is 0.102. The molecule has 0 radical (unpaired) electrons. The number of hydrogen-bond donors (Lipinski definition) is 1. The van der Waals surface area contributed by atoms with Gasteiger partial charge in [-0.1, -0.05) is 46.2 Å². The van der Waals surface area contributed by atoms with Crippen molar-refractivity contribution in [2.45, 2.75) is 78.7 Å². The minimum atomic E-state index is -0.212. The van der Waals surface area contributed by atoms with Crippen LogP contribution in [-0.2, 0) is 17.4 Å². The van der Waals surface area contributed by atoms with Crippen LogP contribution in [-0.4, -0.2) is 15.7 Å². The molecule has 1 N–H and O–H groups in total. The van der Waals surface area contributed by atoms with Gasteiger partial charge in [0.05, 0.1) is 11.2 Å². The van der Waals surface area contributed by atoms with Crippen molar-refractivity contribution in [3.8, 4) is 0 Å². The van der Waals surface area contributed by atoms with E-state index in [0.29, 0.717) is 5.56 Å². The van der Waals surface area contributed by atoms with E-state index in [-0.39, 0.29) is 16.9 Å². The van der Waals surface area contributed by atoms with Crippen molar-refractivity contribution in [2.75, 3.05) is 5.32 Å². The molecule has 4 heteroatoms. The predicted octanol–water partition coefficient (Wildman–Crippen LogP) is 5.53. The first-order chi connectivity index (χ1) is 12.0. The maximum atomic E-state index is 12.7. The third-order valence-corrected chi connectivity index (χ3v) is 4.39. The molecule has 0 saturated carbocycles. The van der Waals surface area contributed by atoms with E-state index in [4.69, 9.17) is 5.10 Å². The van der Waals surface area contributed by atoms with Crippen molar-refractivity contribution < 1.29 is 4.79 Å². The smallest absolute Gasteiger partial charge is 0.256 e. The number of aryl methyl sites for hydroxylation is 1. The number of rotatable bonds is 5. The molecular weight excluding hydrogens is 322 g/mol. The van der Waals surface area contributed by atoms with Crippen LogP contribution in [0.5, 0.6) is 0 Å². The Hall–Kier alpha value is -2.10. The third-order valence-electron chi connectivity index (χ3n) is 4.39. The van der Waals surface area contributed by atoms with E-state index < -0.39 is 0 Å². The summed E-state index contributed by atoms with van der Waals surface area (Å²) in [5, 5.41) is 7.80. The molecule has 0 aliphatic carbocycles. The molecule has 0 atom stereocenters.